The number of hydrogen-bond acceptors (Lipinski definition) is 5. The second kappa shape index (κ2) is 8.53. The number of amides is 2. The van der Waals surface area contributed by atoms with Crippen molar-refractivity contribution in [3.05, 3.63) is 34.9 Å². The summed E-state index contributed by atoms with van der Waals surface area (Å²) < 4.78 is 10.3. The van der Waals surface area contributed by atoms with Crippen molar-refractivity contribution in [3.8, 4) is 11.3 Å². The molecule has 1 heterocycles. The Morgan fingerprint density at radius 1 is 1.20 bits per heavy atom. The highest BCUT2D eigenvalue weighted by Crippen LogP contribution is 2.30. The zero-order valence-electron chi connectivity index (χ0n) is 14.3. The molecule has 0 aliphatic rings. The first-order chi connectivity index (χ1) is 12.0. The van der Waals surface area contributed by atoms with Crippen LogP contribution in [0.3, 0.4) is 0 Å². The average Bonchev–Trinajstić information content (AvgIpc) is 3.00. The van der Waals surface area contributed by atoms with Crippen molar-refractivity contribution in [2.75, 3.05) is 25.0 Å². The van der Waals surface area contributed by atoms with Gasteiger partial charge < -0.3 is 14.2 Å². The van der Waals surface area contributed by atoms with Gasteiger partial charge in [0, 0.05) is 23.7 Å². The molecule has 0 bridgehead atoms. The molecular formula is C17H20ClN3O4. The first-order valence-electron chi connectivity index (χ1n) is 8.00. The van der Waals surface area contributed by atoms with E-state index in [9.17, 15) is 9.59 Å². The minimum absolute atomic E-state index is 0.0414. The predicted molar refractivity (Wildman–Crippen MR) is 94.8 cm³/mol. The minimum atomic E-state index is -0.622. The third kappa shape index (κ3) is 4.30. The number of rotatable bonds is 6. The van der Waals surface area contributed by atoms with Gasteiger partial charge in [-0.2, -0.15) is 0 Å². The first kappa shape index (κ1) is 18.8. The van der Waals surface area contributed by atoms with Gasteiger partial charge in [-0.15, -0.1) is 0 Å². The first-order valence-corrected chi connectivity index (χ1v) is 8.38. The Morgan fingerprint density at radius 3 is 2.40 bits per heavy atom. The highest BCUT2D eigenvalue weighted by atomic mass is 35.5. The summed E-state index contributed by atoms with van der Waals surface area (Å²) in [5.74, 6) is -0.663. The van der Waals surface area contributed by atoms with E-state index in [1.807, 2.05) is 13.8 Å². The molecule has 0 spiro atoms. The van der Waals surface area contributed by atoms with Gasteiger partial charge in [-0.3, -0.25) is 5.32 Å². The van der Waals surface area contributed by atoms with Crippen LogP contribution in [0.25, 0.3) is 11.3 Å². The summed E-state index contributed by atoms with van der Waals surface area (Å²) in [7, 11) is 0. The Hall–Kier alpha value is -2.54. The van der Waals surface area contributed by atoms with Gasteiger partial charge in [-0.25, -0.2) is 9.59 Å². The fourth-order valence-electron chi connectivity index (χ4n) is 2.26. The maximum Gasteiger partial charge on any atom is 0.346 e. The summed E-state index contributed by atoms with van der Waals surface area (Å²) in [5.41, 5.74) is 0.981. The Kier molecular flexibility index (Phi) is 6.41. The number of carbonyl (C=O) groups is 2. The maximum absolute atomic E-state index is 12.4. The largest absolute Gasteiger partial charge is 0.462 e. The van der Waals surface area contributed by atoms with Crippen LogP contribution in [0.2, 0.25) is 5.02 Å². The van der Waals surface area contributed by atoms with E-state index in [0.717, 1.165) is 0 Å². The van der Waals surface area contributed by atoms with Crippen molar-refractivity contribution >= 4 is 29.5 Å². The molecule has 2 aromatic rings. The van der Waals surface area contributed by atoms with Gasteiger partial charge in [0.05, 0.1) is 6.61 Å². The van der Waals surface area contributed by atoms with Crippen LogP contribution >= 0.6 is 11.6 Å². The summed E-state index contributed by atoms with van der Waals surface area (Å²) in [6.07, 6.45) is 0. The highest BCUT2D eigenvalue weighted by molar-refractivity contribution is 6.30. The van der Waals surface area contributed by atoms with Crippen LogP contribution in [0.1, 0.15) is 31.1 Å². The Bertz CT molecular complexity index is 739. The van der Waals surface area contributed by atoms with E-state index >= 15 is 0 Å². The monoisotopic (exact) mass is 365 g/mol. The lowest BCUT2D eigenvalue weighted by Gasteiger charge is -2.18. The number of nitrogens with zero attached hydrogens (tertiary/aromatic N) is 2. The van der Waals surface area contributed by atoms with Crippen LogP contribution in [-0.4, -0.2) is 41.8 Å². The van der Waals surface area contributed by atoms with Gasteiger partial charge in [-0.1, -0.05) is 28.9 Å². The molecular weight excluding hydrogens is 346 g/mol. The topological polar surface area (TPSA) is 84.7 Å². The second-order valence-corrected chi connectivity index (χ2v) is 5.50. The van der Waals surface area contributed by atoms with Crippen LogP contribution in [0, 0.1) is 0 Å². The van der Waals surface area contributed by atoms with E-state index in [1.54, 1.807) is 36.1 Å². The van der Waals surface area contributed by atoms with Gasteiger partial charge in [0.2, 0.25) is 5.88 Å². The lowest BCUT2D eigenvalue weighted by Crippen LogP contribution is -2.34. The molecule has 1 aromatic carbocycles. The Labute approximate surface area is 150 Å². The number of hydrogen-bond donors (Lipinski definition) is 1. The van der Waals surface area contributed by atoms with Crippen molar-refractivity contribution in [1.29, 1.82) is 0 Å². The van der Waals surface area contributed by atoms with E-state index in [-0.39, 0.29) is 29.8 Å². The van der Waals surface area contributed by atoms with E-state index in [1.165, 1.54) is 0 Å². The third-order valence-corrected chi connectivity index (χ3v) is 3.81. The molecule has 25 heavy (non-hydrogen) atoms. The summed E-state index contributed by atoms with van der Waals surface area (Å²) in [5, 5.41) is 7.07. The van der Waals surface area contributed by atoms with Gasteiger partial charge in [0.25, 0.3) is 0 Å². The zero-order valence-corrected chi connectivity index (χ0v) is 15.1. The number of nitrogens with one attached hydrogen (secondary N) is 1. The summed E-state index contributed by atoms with van der Waals surface area (Å²) in [4.78, 5) is 26.2. The molecule has 0 aliphatic heterocycles. The molecule has 1 aromatic heterocycles. The fourth-order valence-corrected chi connectivity index (χ4v) is 2.39. The maximum atomic E-state index is 12.4. The van der Waals surface area contributed by atoms with E-state index in [2.05, 4.69) is 10.5 Å². The smallest absolute Gasteiger partial charge is 0.346 e. The Balaban J connectivity index is 2.41. The van der Waals surface area contributed by atoms with E-state index in [0.29, 0.717) is 23.7 Å². The summed E-state index contributed by atoms with van der Waals surface area (Å²) >= 11 is 5.89. The molecule has 0 saturated heterocycles. The van der Waals surface area contributed by atoms with Gasteiger partial charge in [0.1, 0.15) is 5.69 Å². The van der Waals surface area contributed by atoms with E-state index < -0.39 is 5.97 Å². The van der Waals surface area contributed by atoms with Crippen molar-refractivity contribution in [3.63, 3.8) is 0 Å². The molecule has 8 heteroatoms. The van der Waals surface area contributed by atoms with Gasteiger partial charge >= 0.3 is 12.0 Å². The second-order valence-electron chi connectivity index (χ2n) is 5.07. The quantitative estimate of drug-likeness (QED) is 0.781. The number of esters is 1. The number of urea groups is 1. The number of aromatic nitrogens is 1. The molecule has 0 saturated carbocycles. The average molecular weight is 366 g/mol. The number of benzene rings is 1. The van der Waals surface area contributed by atoms with Crippen LogP contribution in [-0.2, 0) is 4.74 Å². The molecule has 0 atom stereocenters. The summed E-state index contributed by atoms with van der Waals surface area (Å²) in [6.45, 7) is 6.64. The normalized spacial score (nSPS) is 10.4. The van der Waals surface area contributed by atoms with Crippen molar-refractivity contribution in [1.82, 2.24) is 10.1 Å². The number of ether oxygens (including phenoxy) is 1. The van der Waals surface area contributed by atoms with Gasteiger partial charge in [-0.05, 0) is 32.9 Å². The van der Waals surface area contributed by atoms with Crippen molar-refractivity contribution < 1.29 is 18.8 Å². The molecule has 0 unspecified atom stereocenters. The van der Waals surface area contributed by atoms with Crippen LogP contribution in [0.4, 0.5) is 10.7 Å². The lowest BCUT2D eigenvalue weighted by molar-refractivity contribution is 0.0528. The minimum Gasteiger partial charge on any atom is -0.462 e. The van der Waals surface area contributed by atoms with Crippen LogP contribution in [0.15, 0.2) is 28.8 Å². The number of halogens is 1. The highest BCUT2D eigenvalue weighted by Gasteiger charge is 2.27. The number of anilines is 1. The molecule has 0 fully saturated rings. The molecule has 0 radical (unpaired) electrons. The lowest BCUT2D eigenvalue weighted by atomic mass is 10.1. The van der Waals surface area contributed by atoms with Crippen LogP contribution in [0.5, 0.6) is 0 Å². The zero-order chi connectivity index (χ0) is 18.4. The van der Waals surface area contributed by atoms with Crippen LogP contribution < -0.4 is 5.32 Å². The van der Waals surface area contributed by atoms with E-state index in [4.69, 9.17) is 20.9 Å². The molecule has 2 rings (SSSR count). The summed E-state index contributed by atoms with van der Waals surface area (Å²) in [6, 6.07) is 6.38. The molecule has 2 amide bonds. The SMILES string of the molecule is CCOC(=O)c1c(-c2ccc(Cl)cc2)noc1NC(=O)N(CC)CC. The molecule has 7 nitrogen and oxygen atoms in total. The predicted octanol–water partition coefficient (Wildman–Crippen LogP) is 4.05. The Morgan fingerprint density at radius 2 is 1.84 bits per heavy atom. The molecule has 1 N–H and O–H groups in total. The molecule has 0 aliphatic carbocycles. The van der Waals surface area contributed by atoms with Gasteiger partial charge in [0.15, 0.2) is 5.56 Å². The van der Waals surface area contributed by atoms with Crippen molar-refractivity contribution in [2.24, 2.45) is 0 Å². The third-order valence-electron chi connectivity index (χ3n) is 3.56. The molecule has 134 valence electrons. The number of carbonyl (C=O) groups excluding carboxylic acids is 2. The fraction of sp³-hybridized carbons (Fsp3) is 0.353. The van der Waals surface area contributed by atoms with Crippen molar-refractivity contribution in [2.45, 2.75) is 20.8 Å². The standard InChI is InChI=1S/C17H20ClN3O4/c1-4-21(5-2)17(23)19-15-13(16(22)24-6-3)14(20-25-15)11-7-9-12(18)10-8-11/h7-10H,4-6H2,1-3H3,(H,19,23).